The van der Waals surface area contributed by atoms with E-state index >= 15 is 0 Å². The van der Waals surface area contributed by atoms with Crippen LogP contribution in [0.15, 0.2) is 87.5 Å². The van der Waals surface area contributed by atoms with Gasteiger partial charge in [0.05, 0.1) is 5.53 Å². The van der Waals surface area contributed by atoms with Crippen LogP contribution in [0.25, 0.3) is 0 Å². The van der Waals surface area contributed by atoms with Crippen LogP contribution in [0.4, 0.5) is 0 Å². The second-order valence-corrected chi connectivity index (χ2v) is 26.6. The number of benzene rings is 3. The molecule has 0 amide bonds. The molecule has 0 spiro atoms. The fraction of sp³-hybridized carbons (Fsp3) is 0.667. The minimum absolute atomic E-state index is 0.444. The van der Waals surface area contributed by atoms with Gasteiger partial charge in [-0.05, 0) is 91.6 Å². The first-order valence-electron chi connectivity index (χ1n) is 24.8. The molecule has 0 fully saturated rings. The van der Waals surface area contributed by atoms with E-state index < -0.39 is 5.53 Å². The molecule has 0 bridgehead atoms. The zero-order valence-corrected chi connectivity index (χ0v) is 41.3. The van der Waals surface area contributed by atoms with Crippen molar-refractivity contribution >= 4 is 39.7 Å². The molecule has 0 aromatic heterocycles. The SMILES string of the molecule is CCCCCCCCCCCCc1ccc(SP(Sc2ccc(CCCCCCCCCCCC)cc2)Sc2ccc(CCCCCCCCCCCC)cc2)cc1. The van der Waals surface area contributed by atoms with Crippen molar-refractivity contribution in [1.82, 2.24) is 0 Å². The first-order chi connectivity index (χ1) is 28.7. The third-order valence-electron chi connectivity index (χ3n) is 11.8. The van der Waals surface area contributed by atoms with Crippen molar-refractivity contribution in [3.8, 4) is 0 Å². The number of aryl methyl sites for hydroxylation is 3. The van der Waals surface area contributed by atoms with E-state index in [1.807, 2.05) is 0 Å². The third kappa shape index (κ3) is 27.2. The van der Waals surface area contributed by atoms with Gasteiger partial charge in [0, 0.05) is 14.7 Å². The molecule has 326 valence electrons. The van der Waals surface area contributed by atoms with Gasteiger partial charge in [-0.15, -0.1) is 0 Å². The lowest BCUT2D eigenvalue weighted by atomic mass is 10.0. The first kappa shape index (κ1) is 51.5. The van der Waals surface area contributed by atoms with Crippen LogP contribution in [-0.4, -0.2) is 0 Å². The van der Waals surface area contributed by atoms with Gasteiger partial charge in [-0.3, -0.25) is 0 Å². The fourth-order valence-corrected chi connectivity index (χ4v) is 18.0. The Morgan fingerprint density at radius 3 is 0.655 bits per heavy atom. The largest absolute Gasteiger partial charge is 0.0876 e. The van der Waals surface area contributed by atoms with E-state index in [2.05, 4.69) is 128 Å². The molecule has 0 nitrogen and oxygen atoms in total. The average molecular weight is 863 g/mol. The van der Waals surface area contributed by atoms with Crippen molar-refractivity contribution in [2.45, 2.75) is 247 Å². The van der Waals surface area contributed by atoms with Gasteiger partial charge < -0.3 is 0 Å². The average Bonchev–Trinajstić information content (AvgIpc) is 3.24. The molecular weight excluding hydrogens is 776 g/mol. The molecule has 0 saturated heterocycles. The Balaban J connectivity index is 1.46. The maximum atomic E-state index is 2.41. The normalized spacial score (nSPS) is 11.6. The summed E-state index contributed by atoms with van der Waals surface area (Å²) in [5.41, 5.74) is 4.07. The van der Waals surface area contributed by atoms with Gasteiger partial charge in [0.2, 0.25) is 0 Å². The lowest BCUT2D eigenvalue weighted by Gasteiger charge is -2.16. The van der Waals surface area contributed by atoms with Crippen molar-refractivity contribution < 1.29 is 0 Å². The first-order valence-corrected chi connectivity index (χ1v) is 30.4. The highest BCUT2D eigenvalue weighted by Gasteiger charge is 2.16. The van der Waals surface area contributed by atoms with Crippen LogP contribution in [0.3, 0.4) is 0 Å². The fourth-order valence-electron chi connectivity index (χ4n) is 7.91. The van der Waals surface area contributed by atoms with Crippen LogP contribution >= 0.6 is 39.7 Å². The number of hydrogen-bond donors (Lipinski definition) is 0. The Hall–Kier alpha value is -0.860. The minimum atomic E-state index is -0.444. The highest BCUT2D eigenvalue weighted by Crippen LogP contribution is 2.75. The van der Waals surface area contributed by atoms with Crippen LogP contribution in [0.1, 0.15) is 230 Å². The Kier molecular flexibility index (Phi) is 32.6. The molecule has 0 unspecified atom stereocenters. The third-order valence-corrected chi connectivity index (χ3v) is 20.9. The van der Waals surface area contributed by atoms with Gasteiger partial charge in [-0.2, -0.15) is 0 Å². The second-order valence-electron chi connectivity index (χ2n) is 17.2. The Bertz CT molecular complexity index is 1160. The van der Waals surface area contributed by atoms with Crippen molar-refractivity contribution in [3.05, 3.63) is 89.5 Å². The van der Waals surface area contributed by atoms with Gasteiger partial charge in [0.25, 0.3) is 0 Å². The summed E-state index contributed by atoms with van der Waals surface area (Å²) < 4.78 is 0. The van der Waals surface area contributed by atoms with Crippen LogP contribution < -0.4 is 0 Å². The summed E-state index contributed by atoms with van der Waals surface area (Å²) in [5, 5.41) is 0. The molecule has 0 aliphatic carbocycles. The van der Waals surface area contributed by atoms with E-state index in [9.17, 15) is 0 Å². The quantitative estimate of drug-likeness (QED) is 0.0414. The monoisotopic (exact) mass is 863 g/mol. The molecule has 0 heterocycles. The van der Waals surface area contributed by atoms with E-state index in [1.54, 1.807) is 0 Å². The zero-order chi connectivity index (χ0) is 41.0. The van der Waals surface area contributed by atoms with Gasteiger partial charge >= 0.3 is 0 Å². The molecule has 0 N–H and O–H groups in total. The molecule has 4 heteroatoms. The van der Waals surface area contributed by atoms with Gasteiger partial charge in [-0.1, -0.05) is 265 Å². The molecule has 0 aliphatic heterocycles. The van der Waals surface area contributed by atoms with E-state index in [0.29, 0.717) is 0 Å². The summed E-state index contributed by atoms with van der Waals surface area (Å²) in [6, 6.07) is 28.8. The van der Waals surface area contributed by atoms with E-state index in [-0.39, 0.29) is 0 Å². The minimum Gasteiger partial charge on any atom is -0.0754 e. The summed E-state index contributed by atoms with van der Waals surface area (Å²) in [7, 11) is 0. The predicted octanol–water partition coefficient (Wildman–Crippen LogP) is 21.0. The smallest absolute Gasteiger partial charge is 0.0754 e. The maximum Gasteiger partial charge on any atom is 0.0876 e. The van der Waals surface area contributed by atoms with E-state index in [0.717, 1.165) is 0 Å². The van der Waals surface area contributed by atoms with Crippen molar-refractivity contribution in [3.63, 3.8) is 0 Å². The molecular formula is C54H87PS3. The summed E-state index contributed by atoms with van der Waals surface area (Å²) in [5.74, 6) is 0. The summed E-state index contributed by atoms with van der Waals surface area (Å²) in [4.78, 5) is 4.23. The van der Waals surface area contributed by atoms with Gasteiger partial charge in [-0.25, -0.2) is 0 Å². The second kappa shape index (κ2) is 36.8. The van der Waals surface area contributed by atoms with Gasteiger partial charge in [0.15, 0.2) is 0 Å². The molecule has 3 aromatic rings. The molecule has 0 aliphatic rings. The van der Waals surface area contributed by atoms with Crippen LogP contribution in [0.5, 0.6) is 0 Å². The Morgan fingerprint density at radius 2 is 0.448 bits per heavy atom. The van der Waals surface area contributed by atoms with Gasteiger partial charge in [0.1, 0.15) is 0 Å². The van der Waals surface area contributed by atoms with Crippen LogP contribution in [-0.2, 0) is 19.3 Å². The van der Waals surface area contributed by atoms with Crippen molar-refractivity contribution in [1.29, 1.82) is 0 Å². The van der Waals surface area contributed by atoms with Crippen LogP contribution in [0.2, 0.25) is 0 Å². The summed E-state index contributed by atoms with van der Waals surface area (Å²) in [6.07, 6.45) is 45.7. The lowest BCUT2D eigenvalue weighted by molar-refractivity contribution is 0.556. The van der Waals surface area contributed by atoms with Crippen LogP contribution in [0, 0.1) is 0 Å². The predicted molar refractivity (Wildman–Crippen MR) is 270 cm³/mol. The number of unbranched alkanes of at least 4 members (excludes halogenated alkanes) is 27. The highest BCUT2D eigenvalue weighted by molar-refractivity contribution is 9.12. The Morgan fingerprint density at radius 1 is 0.259 bits per heavy atom. The summed E-state index contributed by atoms with van der Waals surface area (Å²) in [6.45, 7) is 6.92. The van der Waals surface area contributed by atoms with Crippen molar-refractivity contribution in [2.75, 3.05) is 0 Å². The maximum absolute atomic E-state index is 2.41. The molecule has 3 rings (SSSR count). The molecule has 58 heavy (non-hydrogen) atoms. The highest BCUT2D eigenvalue weighted by atomic mass is 33.4. The molecule has 3 aromatic carbocycles. The van der Waals surface area contributed by atoms with Crippen molar-refractivity contribution in [2.24, 2.45) is 0 Å². The molecule has 0 radical (unpaired) electrons. The number of hydrogen-bond acceptors (Lipinski definition) is 3. The summed E-state index contributed by atoms with van der Waals surface area (Å²) >= 11 is 6.26. The van der Waals surface area contributed by atoms with E-state index in [4.69, 9.17) is 0 Å². The zero-order valence-electron chi connectivity index (χ0n) is 37.9. The molecule has 0 saturated carbocycles. The van der Waals surface area contributed by atoms with E-state index in [1.165, 1.54) is 243 Å². The standard InChI is InChI=1S/C54H87PS3/c1-4-7-10-13-16-19-22-25-28-31-34-49-37-43-52(44-38-49)56-55(57-53-45-39-50(40-46-53)35-32-29-26-23-20-17-14-11-8-5-2)58-54-47-41-51(42-48-54)36-33-30-27-24-21-18-15-12-9-6-3/h37-48H,4-36H2,1-3H3. The number of rotatable bonds is 39. The Labute approximate surface area is 374 Å². The molecule has 0 atom stereocenters. The lowest BCUT2D eigenvalue weighted by Crippen LogP contribution is -1.87. The topological polar surface area (TPSA) is 0 Å².